The molecule has 0 saturated carbocycles. The molecule has 2 aromatic heterocycles. The molecule has 1 amide bonds. The summed E-state index contributed by atoms with van der Waals surface area (Å²) in [6, 6.07) is 14.6. The molecule has 1 aliphatic heterocycles. The Morgan fingerprint density at radius 2 is 1.79 bits per heavy atom. The molecule has 0 bridgehead atoms. The molecule has 1 aliphatic rings. The van der Waals surface area contributed by atoms with E-state index in [1.165, 1.54) is 16.3 Å². The molecule has 0 spiro atoms. The fraction of sp³-hybridized carbons (Fsp3) is 0.261. The summed E-state index contributed by atoms with van der Waals surface area (Å²) >= 11 is 7.91. The van der Waals surface area contributed by atoms with E-state index >= 15 is 0 Å². The highest BCUT2D eigenvalue weighted by Crippen LogP contribution is 2.33. The van der Waals surface area contributed by atoms with Crippen LogP contribution >= 0.6 is 23.4 Å². The number of hydrogen-bond donors (Lipinski definition) is 1. The van der Waals surface area contributed by atoms with Gasteiger partial charge in [0.15, 0.2) is 5.16 Å². The summed E-state index contributed by atoms with van der Waals surface area (Å²) in [6.07, 6.45) is 2.19. The molecular formula is C23H22ClN7O2S. The topological polar surface area (TPSA) is 112 Å². The Morgan fingerprint density at radius 1 is 1.06 bits per heavy atom. The lowest BCUT2D eigenvalue weighted by atomic mass is 10.2. The third-order valence-corrected chi connectivity index (χ3v) is 6.93. The van der Waals surface area contributed by atoms with E-state index in [1.807, 2.05) is 34.9 Å². The van der Waals surface area contributed by atoms with E-state index in [4.69, 9.17) is 17.3 Å². The minimum absolute atomic E-state index is 0.247. The zero-order valence-corrected chi connectivity index (χ0v) is 19.8. The number of carbonyl (C=O) groups is 1. The van der Waals surface area contributed by atoms with Gasteiger partial charge >= 0.3 is 0 Å². The van der Waals surface area contributed by atoms with Crippen LogP contribution in [-0.4, -0.2) is 43.3 Å². The standard InChI is InChI=1S/C23H22ClN7O2S/c24-16-8-2-4-10-18(16)31-22(29-11-5-6-12-29)27-28-23(31)34-14-20-26-17-9-3-1-7-15(17)21(33)30(20)13-19(25)32/h1-4,7-10H,5-6,11-14H2,(H2,25,32). The van der Waals surface area contributed by atoms with Gasteiger partial charge in [0.05, 0.1) is 27.4 Å². The number of aromatic nitrogens is 5. The van der Waals surface area contributed by atoms with Crippen LogP contribution in [0.1, 0.15) is 18.7 Å². The fourth-order valence-electron chi connectivity index (χ4n) is 4.09. The van der Waals surface area contributed by atoms with Gasteiger partial charge in [0.25, 0.3) is 5.56 Å². The maximum atomic E-state index is 13.1. The molecule has 0 aliphatic carbocycles. The van der Waals surface area contributed by atoms with E-state index in [2.05, 4.69) is 20.1 Å². The first-order valence-corrected chi connectivity index (χ1v) is 12.2. The number of nitrogens with zero attached hydrogens (tertiary/aromatic N) is 6. The van der Waals surface area contributed by atoms with Crippen molar-refractivity contribution in [3.8, 4) is 5.69 Å². The molecule has 9 nitrogen and oxygen atoms in total. The van der Waals surface area contributed by atoms with E-state index in [0.29, 0.717) is 26.9 Å². The maximum absolute atomic E-state index is 13.1. The molecule has 0 atom stereocenters. The summed E-state index contributed by atoms with van der Waals surface area (Å²) in [5, 5.41) is 10.5. The molecule has 0 unspecified atom stereocenters. The Kier molecular flexibility index (Phi) is 6.25. The minimum Gasteiger partial charge on any atom is -0.368 e. The van der Waals surface area contributed by atoms with Crippen LogP contribution in [0.15, 0.2) is 58.5 Å². The van der Waals surface area contributed by atoms with Gasteiger partial charge in [-0.25, -0.2) is 4.98 Å². The largest absolute Gasteiger partial charge is 0.368 e. The predicted octanol–water partition coefficient (Wildman–Crippen LogP) is 3.01. The van der Waals surface area contributed by atoms with Crippen LogP contribution in [-0.2, 0) is 17.1 Å². The lowest BCUT2D eigenvalue weighted by Gasteiger charge is -2.19. The third kappa shape index (κ3) is 4.26. The monoisotopic (exact) mass is 495 g/mol. The predicted molar refractivity (Wildman–Crippen MR) is 133 cm³/mol. The first-order chi connectivity index (χ1) is 16.5. The Bertz CT molecular complexity index is 1430. The number of primary amides is 1. The Labute approximate surface area is 204 Å². The first kappa shape index (κ1) is 22.4. The Morgan fingerprint density at radius 3 is 2.56 bits per heavy atom. The van der Waals surface area contributed by atoms with Gasteiger partial charge in [-0.1, -0.05) is 47.6 Å². The fourth-order valence-corrected chi connectivity index (χ4v) is 5.20. The second kappa shape index (κ2) is 9.47. The zero-order chi connectivity index (χ0) is 23.7. The van der Waals surface area contributed by atoms with Crippen molar-refractivity contribution in [3.63, 3.8) is 0 Å². The summed E-state index contributed by atoms with van der Waals surface area (Å²) in [4.78, 5) is 31.6. The van der Waals surface area contributed by atoms with Crippen LogP contribution in [0.5, 0.6) is 0 Å². The highest BCUT2D eigenvalue weighted by Gasteiger charge is 2.24. The molecule has 2 aromatic carbocycles. The van der Waals surface area contributed by atoms with E-state index in [0.717, 1.165) is 37.6 Å². The Balaban J connectivity index is 1.55. The van der Waals surface area contributed by atoms with Gasteiger partial charge < -0.3 is 10.6 Å². The van der Waals surface area contributed by atoms with Crippen LogP contribution in [0.2, 0.25) is 5.02 Å². The van der Waals surface area contributed by atoms with E-state index in [-0.39, 0.29) is 17.9 Å². The minimum atomic E-state index is -0.610. The average molecular weight is 496 g/mol. The molecule has 5 rings (SSSR count). The normalized spacial score (nSPS) is 13.6. The quantitative estimate of drug-likeness (QED) is 0.392. The molecule has 2 N–H and O–H groups in total. The molecule has 1 fully saturated rings. The number of fused-ring (bicyclic) bond motifs is 1. The third-order valence-electron chi connectivity index (χ3n) is 5.68. The number of carbonyl (C=O) groups excluding carboxylic acids is 1. The van der Waals surface area contributed by atoms with Crippen molar-refractivity contribution >= 4 is 46.1 Å². The van der Waals surface area contributed by atoms with E-state index < -0.39 is 5.91 Å². The molecule has 174 valence electrons. The molecule has 1 saturated heterocycles. The summed E-state index contributed by atoms with van der Waals surface area (Å²) in [6.45, 7) is 1.55. The number of para-hydroxylation sites is 2. The summed E-state index contributed by atoms with van der Waals surface area (Å²) < 4.78 is 3.27. The van der Waals surface area contributed by atoms with Crippen molar-refractivity contribution in [2.45, 2.75) is 30.3 Å². The number of anilines is 1. The van der Waals surface area contributed by atoms with Crippen LogP contribution in [0.25, 0.3) is 16.6 Å². The number of hydrogen-bond acceptors (Lipinski definition) is 7. The van der Waals surface area contributed by atoms with Crippen molar-refractivity contribution in [2.75, 3.05) is 18.0 Å². The highest BCUT2D eigenvalue weighted by atomic mass is 35.5. The highest BCUT2D eigenvalue weighted by molar-refractivity contribution is 7.98. The van der Waals surface area contributed by atoms with Gasteiger partial charge in [-0.15, -0.1) is 10.2 Å². The van der Waals surface area contributed by atoms with E-state index in [1.54, 1.807) is 18.2 Å². The van der Waals surface area contributed by atoms with Gasteiger partial charge in [-0.05, 0) is 37.1 Å². The number of halogens is 1. The van der Waals surface area contributed by atoms with E-state index in [9.17, 15) is 9.59 Å². The zero-order valence-electron chi connectivity index (χ0n) is 18.2. The first-order valence-electron chi connectivity index (χ1n) is 10.9. The summed E-state index contributed by atoms with van der Waals surface area (Å²) in [5.74, 6) is 0.842. The number of amides is 1. The molecule has 4 aromatic rings. The van der Waals surface area contributed by atoms with Crippen molar-refractivity contribution in [1.82, 2.24) is 24.3 Å². The van der Waals surface area contributed by atoms with Crippen molar-refractivity contribution in [3.05, 3.63) is 69.7 Å². The lowest BCUT2D eigenvalue weighted by molar-refractivity contribution is -0.118. The smallest absolute Gasteiger partial charge is 0.261 e. The van der Waals surface area contributed by atoms with Gasteiger partial charge in [-0.3, -0.25) is 18.7 Å². The van der Waals surface area contributed by atoms with Crippen molar-refractivity contribution in [2.24, 2.45) is 5.73 Å². The second-order valence-corrected chi connectivity index (χ2v) is 9.30. The molecular weight excluding hydrogens is 474 g/mol. The molecule has 3 heterocycles. The average Bonchev–Trinajstić information content (AvgIpc) is 3.50. The van der Waals surface area contributed by atoms with Crippen LogP contribution in [0.3, 0.4) is 0 Å². The van der Waals surface area contributed by atoms with Crippen LogP contribution in [0.4, 0.5) is 5.95 Å². The lowest BCUT2D eigenvalue weighted by Crippen LogP contribution is -2.31. The van der Waals surface area contributed by atoms with Gasteiger partial charge in [-0.2, -0.15) is 0 Å². The SMILES string of the molecule is NC(=O)Cn1c(CSc2nnc(N3CCCC3)n2-c2ccccc2Cl)nc2ccccc2c1=O. The second-order valence-electron chi connectivity index (χ2n) is 7.96. The molecule has 11 heteroatoms. The maximum Gasteiger partial charge on any atom is 0.261 e. The molecule has 34 heavy (non-hydrogen) atoms. The number of thioether (sulfide) groups is 1. The van der Waals surface area contributed by atoms with Crippen molar-refractivity contribution < 1.29 is 4.79 Å². The number of nitrogens with two attached hydrogens (primary N) is 1. The van der Waals surface area contributed by atoms with Crippen LogP contribution in [0, 0.1) is 0 Å². The Hall–Kier alpha value is -3.37. The number of benzene rings is 2. The number of rotatable bonds is 7. The summed E-state index contributed by atoms with van der Waals surface area (Å²) in [5.41, 5.74) is 6.46. The summed E-state index contributed by atoms with van der Waals surface area (Å²) in [7, 11) is 0. The van der Waals surface area contributed by atoms with Gasteiger partial charge in [0.2, 0.25) is 11.9 Å². The van der Waals surface area contributed by atoms with Gasteiger partial charge in [0, 0.05) is 13.1 Å². The van der Waals surface area contributed by atoms with Crippen LogP contribution < -0.4 is 16.2 Å². The van der Waals surface area contributed by atoms with Crippen molar-refractivity contribution in [1.29, 1.82) is 0 Å². The molecule has 0 radical (unpaired) electrons. The van der Waals surface area contributed by atoms with Gasteiger partial charge in [0.1, 0.15) is 12.4 Å².